The molecule has 1 heterocycles. The van der Waals surface area contributed by atoms with E-state index in [1.54, 1.807) is 12.1 Å². The number of hydrogen-bond donors (Lipinski definition) is 2. The van der Waals surface area contributed by atoms with E-state index in [1.165, 1.54) is 12.8 Å². The number of aromatic amines is 1. The summed E-state index contributed by atoms with van der Waals surface area (Å²) in [4.78, 5) is 15.9. The Labute approximate surface area is 227 Å². The third-order valence-electron chi connectivity index (χ3n) is 7.44. The standard InChI is InChI=1S/C33H30N4O2/c1-19-14-27(34-4)29(28(15-19)35-5)32-36-30-23-10-8-21(18-33(2,3)38)16-25(23)26-17-22(39-13-12-20-6-7-20)9-11-24(26)31(30)37-32/h8-11,14-17,20,38H,6-7,12-13,18H2,1-3H3,(H,36,37). The molecule has 0 amide bonds. The monoisotopic (exact) mass is 514 g/mol. The average Bonchev–Trinajstić information content (AvgIpc) is 3.62. The maximum Gasteiger partial charge on any atom is 0.188 e. The van der Waals surface area contributed by atoms with Crippen molar-refractivity contribution in [1.82, 2.24) is 9.97 Å². The normalized spacial score (nSPS) is 13.6. The molecule has 2 N–H and O–H groups in total. The van der Waals surface area contributed by atoms with Crippen molar-refractivity contribution in [3.05, 3.63) is 82.5 Å². The molecule has 1 aliphatic rings. The minimum absolute atomic E-state index is 0.410. The zero-order valence-electron chi connectivity index (χ0n) is 22.4. The molecule has 1 aromatic heterocycles. The van der Waals surface area contributed by atoms with Gasteiger partial charge in [-0.15, -0.1) is 0 Å². The fourth-order valence-corrected chi connectivity index (χ4v) is 5.48. The van der Waals surface area contributed by atoms with E-state index in [-0.39, 0.29) is 0 Å². The molecule has 0 saturated heterocycles. The van der Waals surface area contributed by atoms with Crippen LogP contribution in [0.3, 0.4) is 0 Å². The van der Waals surface area contributed by atoms with Gasteiger partial charge in [0.2, 0.25) is 0 Å². The van der Waals surface area contributed by atoms with Crippen molar-refractivity contribution in [3.8, 4) is 17.1 Å². The number of nitrogens with one attached hydrogen (secondary N) is 1. The second kappa shape index (κ2) is 9.42. The molecule has 1 fully saturated rings. The molecular weight excluding hydrogens is 484 g/mol. The maximum atomic E-state index is 10.5. The fourth-order valence-electron chi connectivity index (χ4n) is 5.48. The lowest BCUT2D eigenvalue weighted by atomic mass is 9.93. The van der Waals surface area contributed by atoms with Crippen LogP contribution in [0.2, 0.25) is 0 Å². The first-order valence-corrected chi connectivity index (χ1v) is 13.4. The molecule has 5 aromatic rings. The number of imidazole rings is 1. The van der Waals surface area contributed by atoms with Gasteiger partial charge >= 0.3 is 0 Å². The third-order valence-corrected chi connectivity index (χ3v) is 7.44. The Morgan fingerprint density at radius 2 is 1.67 bits per heavy atom. The van der Waals surface area contributed by atoms with Crippen LogP contribution in [0.1, 0.15) is 44.2 Å². The van der Waals surface area contributed by atoms with Crippen molar-refractivity contribution in [2.45, 2.75) is 52.1 Å². The highest BCUT2D eigenvalue weighted by molar-refractivity contribution is 6.24. The van der Waals surface area contributed by atoms with Crippen LogP contribution in [0.15, 0.2) is 48.5 Å². The van der Waals surface area contributed by atoms with Crippen LogP contribution in [0.25, 0.3) is 53.7 Å². The number of aryl methyl sites for hydroxylation is 1. The molecule has 6 rings (SSSR count). The zero-order chi connectivity index (χ0) is 27.3. The van der Waals surface area contributed by atoms with Gasteiger partial charge < -0.3 is 14.8 Å². The second-order valence-electron chi connectivity index (χ2n) is 11.4. The van der Waals surface area contributed by atoms with Crippen LogP contribution in [-0.2, 0) is 6.42 Å². The minimum Gasteiger partial charge on any atom is -0.494 e. The Hall–Kier alpha value is -4.39. The highest BCUT2D eigenvalue weighted by Gasteiger charge is 2.22. The number of aromatic nitrogens is 2. The first kappa shape index (κ1) is 24.9. The van der Waals surface area contributed by atoms with Gasteiger partial charge in [0.05, 0.1) is 36.4 Å². The van der Waals surface area contributed by atoms with Gasteiger partial charge in [0, 0.05) is 22.8 Å². The zero-order valence-corrected chi connectivity index (χ0v) is 22.4. The molecular formula is C33H30N4O2. The average molecular weight is 515 g/mol. The highest BCUT2D eigenvalue weighted by Crippen LogP contribution is 2.42. The number of fused-ring (bicyclic) bond motifs is 6. The molecule has 6 heteroatoms. The minimum atomic E-state index is -0.830. The predicted molar refractivity (Wildman–Crippen MR) is 157 cm³/mol. The SMILES string of the molecule is [C-]#[N+]c1cc(C)cc([N+]#[C-])c1-c1nc2c3ccc(OCCC4CC4)cc3c3cc(CC(C)(C)O)ccc3c2[nH]1. The van der Waals surface area contributed by atoms with Gasteiger partial charge in [-0.05, 0) is 67.6 Å². The Bertz CT molecular complexity index is 1810. The van der Waals surface area contributed by atoms with Gasteiger partial charge in [0.25, 0.3) is 0 Å². The lowest BCUT2D eigenvalue weighted by Crippen LogP contribution is -2.21. The van der Waals surface area contributed by atoms with Crippen LogP contribution in [0.4, 0.5) is 11.4 Å². The Kier molecular flexibility index (Phi) is 6.02. The lowest BCUT2D eigenvalue weighted by molar-refractivity contribution is 0.0810. The van der Waals surface area contributed by atoms with E-state index in [2.05, 4.69) is 38.9 Å². The molecule has 0 atom stereocenters. The van der Waals surface area contributed by atoms with E-state index in [1.807, 2.05) is 32.9 Å². The number of H-pyrrole nitrogens is 1. The van der Waals surface area contributed by atoms with Crippen LogP contribution in [-0.4, -0.2) is 27.3 Å². The van der Waals surface area contributed by atoms with Crippen LogP contribution >= 0.6 is 0 Å². The van der Waals surface area contributed by atoms with Crippen molar-refractivity contribution in [2.24, 2.45) is 5.92 Å². The van der Waals surface area contributed by atoms with E-state index in [0.29, 0.717) is 35.8 Å². The van der Waals surface area contributed by atoms with E-state index < -0.39 is 5.60 Å². The summed E-state index contributed by atoms with van der Waals surface area (Å²) in [6.45, 7) is 21.7. The van der Waals surface area contributed by atoms with Crippen LogP contribution < -0.4 is 4.74 Å². The van der Waals surface area contributed by atoms with Gasteiger partial charge in [-0.2, -0.15) is 0 Å². The van der Waals surface area contributed by atoms with Gasteiger partial charge in [0.15, 0.2) is 11.4 Å². The number of benzene rings is 4. The Morgan fingerprint density at radius 1 is 0.974 bits per heavy atom. The molecule has 0 aliphatic heterocycles. The predicted octanol–water partition coefficient (Wildman–Crippen LogP) is 8.44. The van der Waals surface area contributed by atoms with E-state index in [0.717, 1.165) is 61.8 Å². The molecule has 194 valence electrons. The summed E-state index contributed by atoms with van der Waals surface area (Å²) in [5.41, 5.74) is 4.08. The summed E-state index contributed by atoms with van der Waals surface area (Å²) in [5.74, 6) is 2.15. The molecule has 0 unspecified atom stereocenters. The third kappa shape index (κ3) is 4.80. The van der Waals surface area contributed by atoms with Gasteiger partial charge in [-0.1, -0.05) is 48.7 Å². The number of ether oxygens (including phenoxy) is 1. The maximum absolute atomic E-state index is 10.5. The number of aliphatic hydroxyl groups is 1. The van der Waals surface area contributed by atoms with Crippen molar-refractivity contribution in [1.29, 1.82) is 0 Å². The molecule has 1 saturated carbocycles. The van der Waals surface area contributed by atoms with E-state index in [9.17, 15) is 5.11 Å². The summed E-state index contributed by atoms with van der Waals surface area (Å²) in [6.07, 6.45) is 4.22. The Morgan fingerprint density at radius 3 is 2.33 bits per heavy atom. The first-order valence-electron chi connectivity index (χ1n) is 13.4. The molecule has 4 aromatic carbocycles. The molecule has 0 bridgehead atoms. The Balaban J connectivity index is 1.59. The smallest absolute Gasteiger partial charge is 0.188 e. The molecule has 6 nitrogen and oxygen atoms in total. The molecule has 1 aliphatic carbocycles. The number of hydrogen-bond acceptors (Lipinski definition) is 3. The topological polar surface area (TPSA) is 66.9 Å². The number of rotatable bonds is 7. The van der Waals surface area contributed by atoms with Crippen LogP contribution in [0.5, 0.6) is 5.75 Å². The fraction of sp³-hybridized carbons (Fsp3) is 0.303. The van der Waals surface area contributed by atoms with Crippen molar-refractivity contribution >= 4 is 44.0 Å². The molecule has 0 spiro atoms. The largest absolute Gasteiger partial charge is 0.494 e. The van der Waals surface area contributed by atoms with Crippen molar-refractivity contribution in [2.75, 3.05) is 6.61 Å². The van der Waals surface area contributed by atoms with E-state index >= 15 is 0 Å². The summed E-state index contributed by atoms with van der Waals surface area (Å²) in [7, 11) is 0. The van der Waals surface area contributed by atoms with Crippen molar-refractivity contribution in [3.63, 3.8) is 0 Å². The molecule has 0 radical (unpaired) electrons. The summed E-state index contributed by atoms with van der Waals surface area (Å²) in [5, 5.41) is 14.5. The van der Waals surface area contributed by atoms with Crippen molar-refractivity contribution < 1.29 is 9.84 Å². The summed E-state index contributed by atoms with van der Waals surface area (Å²) in [6, 6.07) is 16.0. The second-order valence-corrected chi connectivity index (χ2v) is 11.4. The van der Waals surface area contributed by atoms with Gasteiger partial charge in [-0.25, -0.2) is 14.7 Å². The van der Waals surface area contributed by atoms with E-state index in [4.69, 9.17) is 22.9 Å². The van der Waals surface area contributed by atoms with Gasteiger partial charge in [0.1, 0.15) is 11.6 Å². The summed E-state index contributed by atoms with van der Waals surface area (Å²) < 4.78 is 6.15. The summed E-state index contributed by atoms with van der Waals surface area (Å²) >= 11 is 0. The van der Waals surface area contributed by atoms with Crippen LogP contribution in [0, 0.1) is 26.0 Å². The quantitative estimate of drug-likeness (QED) is 0.169. The molecule has 39 heavy (non-hydrogen) atoms. The lowest BCUT2D eigenvalue weighted by Gasteiger charge is -2.18. The number of nitrogens with zero attached hydrogens (tertiary/aromatic N) is 3. The van der Waals surface area contributed by atoms with Gasteiger partial charge in [-0.3, -0.25) is 0 Å². The first-order chi connectivity index (χ1) is 18.7. The highest BCUT2D eigenvalue weighted by atomic mass is 16.5.